The first-order chi connectivity index (χ1) is 13.2. The second-order valence-corrected chi connectivity index (χ2v) is 6.18. The Labute approximate surface area is 163 Å². The third kappa shape index (κ3) is 5.67. The Hall–Kier alpha value is -2.65. The van der Waals surface area contributed by atoms with Crippen molar-refractivity contribution in [2.75, 3.05) is 27.9 Å². The molecule has 0 spiro atoms. The summed E-state index contributed by atoms with van der Waals surface area (Å²) < 4.78 is 20.1. The molecule has 0 aliphatic rings. The van der Waals surface area contributed by atoms with Crippen LogP contribution in [0.4, 0.5) is 0 Å². The van der Waals surface area contributed by atoms with Gasteiger partial charge < -0.3 is 29.2 Å². The van der Waals surface area contributed by atoms with Gasteiger partial charge in [-0.05, 0) is 26.0 Å². The van der Waals surface area contributed by atoms with Crippen molar-refractivity contribution in [2.24, 2.45) is 5.92 Å². The zero-order valence-electron chi connectivity index (χ0n) is 16.6. The van der Waals surface area contributed by atoms with Gasteiger partial charge in [0.05, 0.1) is 44.0 Å². The van der Waals surface area contributed by atoms with Crippen LogP contribution in [0.2, 0.25) is 0 Å². The van der Waals surface area contributed by atoms with Crippen molar-refractivity contribution in [3.8, 4) is 11.5 Å². The number of esters is 2. The Morgan fingerprint density at radius 3 is 2.14 bits per heavy atom. The van der Waals surface area contributed by atoms with Crippen LogP contribution < -0.4 is 0 Å². The molecule has 3 unspecified atom stereocenters. The van der Waals surface area contributed by atoms with Gasteiger partial charge in [-0.15, -0.1) is 0 Å². The summed E-state index contributed by atoms with van der Waals surface area (Å²) in [5.41, 5.74) is -0.106. The number of rotatable bonds is 10. The minimum absolute atomic E-state index is 0.0190. The molecule has 0 heterocycles. The van der Waals surface area contributed by atoms with Gasteiger partial charge >= 0.3 is 11.9 Å². The first kappa shape index (κ1) is 23.4. The normalized spacial score (nSPS) is 14.0. The molecular weight excluding hydrogens is 372 g/mol. The molecule has 0 fully saturated rings. The lowest BCUT2D eigenvalue weighted by Crippen LogP contribution is -2.28. The van der Waals surface area contributed by atoms with E-state index in [9.17, 15) is 24.6 Å². The SMILES string of the molecule is COC(=O)C(C)COC(CC(OC)C(=O)OC)c1c(O)ccc(C(C)=O)c1O. The third-order valence-electron chi connectivity index (χ3n) is 4.22. The number of ketones is 1. The van der Waals surface area contributed by atoms with E-state index < -0.39 is 41.6 Å². The van der Waals surface area contributed by atoms with Crippen LogP contribution in [0.5, 0.6) is 11.5 Å². The van der Waals surface area contributed by atoms with Gasteiger partial charge in [-0.2, -0.15) is 0 Å². The smallest absolute Gasteiger partial charge is 0.335 e. The zero-order valence-corrected chi connectivity index (χ0v) is 16.6. The molecular formula is C19H26O9. The molecule has 0 radical (unpaired) electrons. The number of ether oxygens (including phenoxy) is 4. The molecule has 1 aromatic rings. The van der Waals surface area contributed by atoms with Crippen LogP contribution in [0.3, 0.4) is 0 Å². The van der Waals surface area contributed by atoms with E-state index in [1.54, 1.807) is 6.92 Å². The maximum absolute atomic E-state index is 11.9. The standard InChI is InChI=1S/C19H26O9/c1-10(18(23)26-4)9-28-14(8-15(25-3)19(24)27-5)16-13(21)7-6-12(11(2)20)17(16)22/h6-7,10,14-15,21-22H,8-9H2,1-5H3. The Morgan fingerprint density at radius 1 is 1.04 bits per heavy atom. The van der Waals surface area contributed by atoms with Gasteiger partial charge in [-0.1, -0.05) is 0 Å². The number of hydrogen-bond acceptors (Lipinski definition) is 9. The monoisotopic (exact) mass is 398 g/mol. The van der Waals surface area contributed by atoms with E-state index in [2.05, 4.69) is 9.47 Å². The van der Waals surface area contributed by atoms with E-state index >= 15 is 0 Å². The fourth-order valence-corrected chi connectivity index (χ4v) is 2.61. The van der Waals surface area contributed by atoms with Gasteiger partial charge in [0, 0.05) is 13.5 Å². The minimum atomic E-state index is -1.07. The van der Waals surface area contributed by atoms with Gasteiger partial charge in [0.25, 0.3) is 0 Å². The lowest BCUT2D eigenvalue weighted by Gasteiger charge is -2.25. The number of carbonyl (C=O) groups is 3. The second-order valence-electron chi connectivity index (χ2n) is 6.18. The molecule has 28 heavy (non-hydrogen) atoms. The fraction of sp³-hybridized carbons (Fsp3) is 0.526. The topological polar surface area (TPSA) is 129 Å². The van der Waals surface area contributed by atoms with E-state index in [0.717, 1.165) is 0 Å². The predicted octanol–water partition coefficient (Wildman–Crippen LogP) is 1.75. The van der Waals surface area contributed by atoms with Crippen molar-refractivity contribution in [1.82, 2.24) is 0 Å². The molecule has 9 nitrogen and oxygen atoms in total. The Balaban J connectivity index is 3.30. The molecule has 0 amide bonds. The van der Waals surface area contributed by atoms with E-state index in [1.165, 1.54) is 40.4 Å². The highest BCUT2D eigenvalue weighted by Gasteiger charge is 2.31. The molecule has 0 saturated heterocycles. The minimum Gasteiger partial charge on any atom is -0.507 e. The van der Waals surface area contributed by atoms with Crippen molar-refractivity contribution in [3.05, 3.63) is 23.3 Å². The van der Waals surface area contributed by atoms with Gasteiger partial charge in [-0.3, -0.25) is 9.59 Å². The molecule has 0 aromatic heterocycles. The zero-order chi connectivity index (χ0) is 21.4. The molecule has 9 heteroatoms. The van der Waals surface area contributed by atoms with Crippen LogP contribution >= 0.6 is 0 Å². The number of benzene rings is 1. The summed E-state index contributed by atoms with van der Waals surface area (Å²) in [6.07, 6.45) is -2.28. The lowest BCUT2D eigenvalue weighted by molar-refractivity contribution is -0.156. The van der Waals surface area contributed by atoms with Gasteiger partial charge in [-0.25, -0.2) is 4.79 Å². The van der Waals surface area contributed by atoms with Crippen molar-refractivity contribution < 1.29 is 43.5 Å². The maximum Gasteiger partial charge on any atom is 0.335 e. The van der Waals surface area contributed by atoms with E-state index in [0.29, 0.717) is 0 Å². The summed E-state index contributed by atoms with van der Waals surface area (Å²) in [5, 5.41) is 20.8. The lowest BCUT2D eigenvalue weighted by atomic mass is 9.96. The summed E-state index contributed by atoms with van der Waals surface area (Å²) >= 11 is 0. The number of methoxy groups -OCH3 is 3. The summed E-state index contributed by atoms with van der Waals surface area (Å²) in [4.78, 5) is 35.3. The Bertz CT molecular complexity index is 714. The van der Waals surface area contributed by atoms with Gasteiger partial charge in [0.2, 0.25) is 0 Å². The second kappa shape index (κ2) is 10.6. The highest BCUT2D eigenvalue weighted by atomic mass is 16.6. The highest BCUT2D eigenvalue weighted by molar-refractivity contribution is 5.97. The van der Waals surface area contributed by atoms with Crippen LogP contribution in [-0.4, -0.2) is 62.0 Å². The molecule has 0 saturated carbocycles. The van der Waals surface area contributed by atoms with Crippen molar-refractivity contribution >= 4 is 17.7 Å². The van der Waals surface area contributed by atoms with Crippen molar-refractivity contribution in [3.63, 3.8) is 0 Å². The molecule has 0 aliphatic carbocycles. The number of hydrogen-bond donors (Lipinski definition) is 2. The van der Waals surface area contributed by atoms with Crippen LogP contribution in [0.25, 0.3) is 0 Å². The van der Waals surface area contributed by atoms with Crippen molar-refractivity contribution in [1.29, 1.82) is 0 Å². The van der Waals surface area contributed by atoms with Gasteiger partial charge in [0.15, 0.2) is 11.9 Å². The molecule has 3 atom stereocenters. The van der Waals surface area contributed by atoms with Crippen LogP contribution in [0.1, 0.15) is 42.3 Å². The maximum atomic E-state index is 11.9. The molecule has 0 bridgehead atoms. The first-order valence-electron chi connectivity index (χ1n) is 8.53. The summed E-state index contributed by atoms with van der Waals surface area (Å²) in [6.45, 7) is 2.71. The van der Waals surface area contributed by atoms with E-state index in [-0.39, 0.29) is 29.9 Å². The summed E-state index contributed by atoms with van der Waals surface area (Å²) in [6, 6.07) is 2.52. The summed E-state index contributed by atoms with van der Waals surface area (Å²) in [7, 11) is 3.72. The van der Waals surface area contributed by atoms with Gasteiger partial charge in [0.1, 0.15) is 11.5 Å². The van der Waals surface area contributed by atoms with Crippen LogP contribution in [0.15, 0.2) is 12.1 Å². The fourth-order valence-electron chi connectivity index (χ4n) is 2.61. The number of Topliss-reactive ketones (excluding diaryl/α,β-unsaturated/α-hetero) is 1. The van der Waals surface area contributed by atoms with E-state index in [1.807, 2.05) is 0 Å². The molecule has 1 rings (SSSR count). The number of aromatic hydroxyl groups is 2. The largest absolute Gasteiger partial charge is 0.507 e. The van der Waals surface area contributed by atoms with E-state index in [4.69, 9.17) is 9.47 Å². The highest BCUT2D eigenvalue weighted by Crippen LogP contribution is 2.40. The van der Waals surface area contributed by atoms with Crippen molar-refractivity contribution in [2.45, 2.75) is 32.5 Å². The average molecular weight is 398 g/mol. The predicted molar refractivity (Wildman–Crippen MR) is 97.1 cm³/mol. The van der Waals surface area contributed by atoms with Crippen LogP contribution in [-0.2, 0) is 28.5 Å². The van der Waals surface area contributed by atoms with Crippen LogP contribution in [0, 0.1) is 5.92 Å². The molecule has 156 valence electrons. The Kier molecular flexibility index (Phi) is 8.87. The molecule has 1 aromatic carbocycles. The first-order valence-corrected chi connectivity index (χ1v) is 8.53. The quantitative estimate of drug-likeness (QED) is 0.447. The number of phenolic OH excluding ortho intramolecular Hbond substituents is 2. The Morgan fingerprint density at radius 2 is 1.64 bits per heavy atom. The molecule has 2 N–H and O–H groups in total. The molecule has 0 aliphatic heterocycles. The average Bonchev–Trinajstić information content (AvgIpc) is 2.67. The third-order valence-corrected chi connectivity index (χ3v) is 4.22. The number of carbonyl (C=O) groups excluding carboxylic acids is 3. The number of phenols is 2. The summed E-state index contributed by atoms with van der Waals surface area (Å²) in [5.74, 6) is -3.07.